The predicted molar refractivity (Wildman–Crippen MR) is 69.8 cm³/mol. The Labute approximate surface area is 109 Å². The van der Waals surface area contributed by atoms with Gasteiger partial charge in [0.15, 0.2) is 0 Å². The Balaban J connectivity index is 1.76. The highest BCUT2D eigenvalue weighted by Crippen LogP contribution is 2.19. The van der Waals surface area contributed by atoms with Gasteiger partial charge < -0.3 is 15.1 Å². The molecule has 1 heterocycles. The number of nitrogens with two attached hydrogens (primary N) is 1. The molecule has 18 heavy (non-hydrogen) atoms. The van der Waals surface area contributed by atoms with Crippen LogP contribution in [-0.2, 0) is 4.84 Å². The van der Waals surface area contributed by atoms with Gasteiger partial charge in [-0.15, -0.1) is 0 Å². The Morgan fingerprint density at radius 2 is 2.00 bits per heavy atom. The molecule has 104 valence electrons. The summed E-state index contributed by atoms with van der Waals surface area (Å²) in [6.07, 6.45) is 8.22. The summed E-state index contributed by atoms with van der Waals surface area (Å²) in [5, 5.41) is 3.17. The quantitative estimate of drug-likeness (QED) is 0.753. The van der Waals surface area contributed by atoms with E-state index < -0.39 is 0 Å². The van der Waals surface area contributed by atoms with E-state index in [1.165, 1.54) is 19.3 Å². The van der Waals surface area contributed by atoms with Crippen LogP contribution in [0.3, 0.4) is 0 Å². The van der Waals surface area contributed by atoms with Crippen LogP contribution >= 0.6 is 0 Å². The van der Waals surface area contributed by atoms with Gasteiger partial charge in [0, 0.05) is 25.0 Å². The zero-order valence-electron chi connectivity index (χ0n) is 11.1. The van der Waals surface area contributed by atoms with Gasteiger partial charge in [0.05, 0.1) is 6.61 Å². The molecule has 0 aromatic rings. The number of urea groups is 1. The number of nitrogens with zero attached hydrogens (tertiary/aromatic N) is 1. The minimum Gasteiger partial charge on any atom is -0.335 e. The molecule has 0 radical (unpaired) electrons. The van der Waals surface area contributed by atoms with Gasteiger partial charge >= 0.3 is 6.03 Å². The minimum atomic E-state index is 0.101. The molecule has 1 aliphatic carbocycles. The molecule has 1 aliphatic heterocycles. The van der Waals surface area contributed by atoms with E-state index in [2.05, 4.69) is 5.32 Å². The summed E-state index contributed by atoms with van der Waals surface area (Å²) >= 11 is 0. The van der Waals surface area contributed by atoms with Crippen LogP contribution in [-0.4, -0.2) is 36.7 Å². The molecule has 1 atom stereocenters. The summed E-state index contributed by atoms with van der Waals surface area (Å²) in [5.41, 5.74) is 0. The number of rotatable bonds is 3. The second-order valence-corrected chi connectivity index (χ2v) is 5.57. The van der Waals surface area contributed by atoms with Crippen LogP contribution < -0.4 is 11.2 Å². The van der Waals surface area contributed by atoms with Crippen molar-refractivity contribution in [2.24, 2.45) is 11.8 Å². The van der Waals surface area contributed by atoms with E-state index >= 15 is 0 Å². The van der Waals surface area contributed by atoms with E-state index in [-0.39, 0.29) is 6.03 Å². The maximum absolute atomic E-state index is 12.2. The number of hydrogen-bond acceptors (Lipinski definition) is 3. The third-order valence-corrected chi connectivity index (χ3v) is 4.07. The summed E-state index contributed by atoms with van der Waals surface area (Å²) in [4.78, 5) is 18.8. The molecule has 0 aromatic carbocycles. The van der Waals surface area contributed by atoms with Gasteiger partial charge in [-0.1, -0.05) is 19.3 Å². The molecule has 2 fully saturated rings. The predicted octanol–water partition coefficient (Wildman–Crippen LogP) is 1.63. The monoisotopic (exact) mass is 255 g/mol. The van der Waals surface area contributed by atoms with Crippen molar-refractivity contribution in [3.05, 3.63) is 0 Å². The van der Waals surface area contributed by atoms with Crippen molar-refractivity contribution in [1.82, 2.24) is 10.2 Å². The Bertz CT molecular complexity index is 265. The van der Waals surface area contributed by atoms with Crippen LogP contribution in [0.2, 0.25) is 0 Å². The van der Waals surface area contributed by atoms with Crippen LogP contribution in [0.15, 0.2) is 0 Å². The van der Waals surface area contributed by atoms with Crippen LogP contribution in [0.1, 0.15) is 44.9 Å². The molecule has 5 nitrogen and oxygen atoms in total. The third kappa shape index (κ3) is 3.85. The number of amides is 2. The number of carbonyl (C=O) groups excluding carboxylic acids is 1. The Kier molecular flexibility index (Phi) is 5.26. The maximum atomic E-state index is 12.2. The molecule has 2 rings (SSSR count). The smallest absolute Gasteiger partial charge is 0.317 e. The first-order valence-corrected chi connectivity index (χ1v) is 7.16. The highest BCUT2D eigenvalue weighted by Gasteiger charge is 2.25. The molecule has 1 saturated carbocycles. The van der Waals surface area contributed by atoms with Gasteiger partial charge in [0.1, 0.15) is 0 Å². The van der Waals surface area contributed by atoms with Crippen molar-refractivity contribution in [3.63, 3.8) is 0 Å². The zero-order valence-corrected chi connectivity index (χ0v) is 11.1. The first-order chi connectivity index (χ1) is 8.79. The zero-order chi connectivity index (χ0) is 12.8. The summed E-state index contributed by atoms with van der Waals surface area (Å²) < 4.78 is 0. The molecule has 1 unspecified atom stereocenters. The van der Waals surface area contributed by atoms with E-state index in [4.69, 9.17) is 10.7 Å². The average Bonchev–Trinajstić information content (AvgIpc) is 2.40. The first-order valence-electron chi connectivity index (χ1n) is 7.16. The molecule has 1 saturated heterocycles. The lowest BCUT2D eigenvalue weighted by molar-refractivity contribution is 0.0682. The van der Waals surface area contributed by atoms with Crippen molar-refractivity contribution >= 4 is 6.03 Å². The lowest BCUT2D eigenvalue weighted by Gasteiger charge is -2.34. The molecule has 0 aromatic heterocycles. The molecule has 0 spiro atoms. The Hall–Kier alpha value is -0.810. The van der Waals surface area contributed by atoms with Gasteiger partial charge in [0.25, 0.3) is 0 Å². The topological polar surface area (TPSA) is 67.6 Å². The van der Waals surface area contributed by atoms with Gasteiger partial charge in [-0.25, -0.2) is 10.7 Å². The van der Waals surface area contributed by atoms with Crippen molar-refractivity contribution in [3.8, 4) is 0 Å². The lowest BCUT2D eigenvalue weighted by atomic mass is 9.95. The van der Waals surface area contributed by atoms with E-state index in [1.54, 1.807) is 0 Å². The largest absolute Gasteiger partial charge is 0.335 e. The summed E-state index contributed by atoms with van der Waals surface area (Å²) in [6, 6.07) is 0.487. The Morgan fingerprint density at radius 1 is 1.22 bits per heavy atom. The fraction of sp³-hybridized carbons (Fsp3) is 0.923. The van der Waals surface area contributed by atoms with Gasteiger partial charge in [-0.2, -0.15) is 0 Å². The molecule has 3 N–H and O–H groups in total. The lowest BCUT2D eigenvalue weighted by Crippen LogP contribution is -2.49. The van der Waals surface area contributed by atoms with E-state index in [9.17, 15) is 4.79 Å². The third-order valence-electron chi connectivity index (χ3n) is 4.07. The van der Waals surface area contributed by atoms with Crippen LogP contribution in [0.25, 0.3) is 0 Å². The molecule has 5 heteroatoms. The molecule has 2 amide bonds. The number of hydrogen-bond donors (Lipinski definition) is 2. The van der Waals surface area contributed by atoms with Gasteiger partial charge in [-0.3, -0.25) is 0 Å². The fourth-order valence-corrected chi connectivity index (χ4v) is 3.03. The van der Waals surface area contributed by atoms with E-state index in [0.717, 1.165) is 38.8 Å². The van der Waals surface area contributed by atoms with Crippen molar-refractivity contribution in [2.75, 3.05) is 19.7 Å². The molecule has 2 aliphatic rings. The molecule has 0 bridgehead atoms. The molecular formula is C13H25N3O2. The number of piperidine rings is 1. The number of nitrogens with one attached hydrogen (secondary N) is 1. The van der Waals surface area contributed by atoms with Crippen LogP contribution in [0, 0.1) is 5.92 Å². The summed E-state index contributed by atoms with van der Waals surface area (Å²) in [6.45, 7) is 2.18. The summed E-state index contributed by atoms with van der Waals surface area (Å²) in [5.74, 6) is 5.50. The van der Waals surface area contributed by atoms with Crippen molar-refractivity contribution < 1.29 is 9.63 Å². The van der Waals surface area contributed by atoms with Gasteiger partial charge in [-0.05, 0) is 25.7 Å². The molecular weight excluding hydrogens is 230 g/mol. The highest BCUT2D eigenvalue weighted by atomic mass is 16.6. The number of carbonyl (C=O) groups is 1. The maximum Gasteiger partial charge on any atom is 0.317 e. The fourth-order valence-electron chi connectivity index (χ4n) is 3.03. The second-order valence-electron chi connectivity index (χ2n) is 5.57. The van der Waals surface area contributed by atoms with Crippen molar-refractivity contribution in [1.29, 1.82) is 0 Å². The highest BCUT2D eigenvalue weighted by molar-refractivity contribution is 5.74. The van der Waals surface area contributed by atoms with E-state index in [1.807, 2.05) is 4.90 Å². The van der Waals surface area contributed by atoms with Crippen molar-refractivity contribution in [2.45, 2.75) is 51.0 Å². The van der Waals surface area contributed by atoms with E-state index in [0.29, 0.717) is 18.6 Å². The SMILES string of the molecule is NOCC1CCCN(C(=O)NC2CCCCC2)C1. The van der Waals surface area contributed by atoms with Gasteiger partial charge in [0.2, 0.25) is 0 Å². The average molecular weight is 255 g/mol. The number of likely N-dealkylation sites (tertiary alicyclic amines) is 1. The summed E-state index contributed by atoms with van der Waals surface area (Å²) in [7, 11) is 0. The second kappa shape index (κ2) is 6.95. The van der Waals surface area contributed by atoms with Crippen LogP contribution in [0.4, 0.5) is 4.79 Å². The minimum absolute atomic E-state index is 0.101. The standard InChI is InChI=1S/C13H25N3O2/c14-18-10-11-5-4-8-16(9-11)13(17)15-12-6-2-1-3-7-12/h11-12H,1-10,14H2,(H,15,17). The normalized spacial score (nSPS) is 26.1. The Morgan fingerprint density at radius 3 is 2.72 bits per heavy atom. The van der Waals surface area contributed by atoms with Crippen LogP contribution in [0.5, 0.6) is 0 Å². The first kappa shape index (κ1) is 13.6.